The summed E-state index contributed by atoms with van der Waals surface area (Å²) in [6, 6.07) is 19.9. The van der Waals surface area contributed by atoms with Crippen molar-refractivity contribution in [1.29, 1.82) is 0 Å². The van der Waals surface area contributed by atoms with E-state index in [0.717, 1.165) is 46.0 Å². The van der Waals surface area contributed by atoms with Crippen LogP contribution in [0.15, 0.2) is 79.4 Å². The summed E-state index contributed by atoms with van der Waals surface area (Å²) in [5.41, 5.74) is 3.79. The number of carbonyl (C=O) groups is 1. The van der Waals surface area contributed by atoms with Gasteiger partial charge in [0.05, 0.1) is 29.2 Å². The Kier molecular flexibility index (Phi) is 6.58. The minimum atomic E-state index is -0.483. The average molecular weight is 509 g/mol. The monoisotopic (exact) mass is 508 g/mol. The van der Waals surface area contributed by atoms with Gasteiger partial charge >= 0.3 is 0 Å². The van der Waals surface area contributed by atoms with E-state index in [4.69, 9.17) is 4.74 Å². The number of anilines is 2. The highest BCUT2D eigenvalue weighted by atomic mass is 16.5. The van der Waals surface area contributed by atoms with E-state index >= 15 is 0 Å². The second-order valence-electron chi connectivity index (χ2n) is 9.39. The zero-order valence-corrected chi connectivity index (χ0v) is 20.8. The molecule has 2 aromatic carbocycles. The number of likely N-dealkylation sites (tertiary alicyclic amines) is 1. The zero-order chi connectivity index (χ0) is 25.9. The SMILES string of the molecule is O=C(CO)N1CCCC1COc1cccc2ncnc(Nc3ccc4c(ccn4Cc4ccccn4)c3)c12. The molecule has 0 spiro atoms. The van der Waals surface area contributed by atoms with Crippen molar-refractivity contribution < 1.29 is 14.6 Å². The summed E-state index contributed by atoms with van der Waals surface area (Å²) in [5, 5.41) is 14.6. The van der Waals surface area contributed by atoms with Gasteiger partial charge in [0.15, 0.2) is 0 Å². The predicted octanol–water partition coefficient (Wildman–Crippen LogP) is 4.13. The maximum Gasteiger partial charge on any atom is 0.248 e. The van der Waals surface area contributed by atoms with Gasteiger partial charge in [-0.25, -0.2) is 9.97 Å². The van der Waals surface area contributed by atoms with Gasteiger partial charge in [-0.15, -0.1) is 0 Å². The lowest BCUT2D eigenvalue weighted by molar-refractivity contribution is -0.135. The number of benzene rings is 2. The number of nitrogens with zero attached hydrogens (tertiary/aromatic N) is 5. The molecule has 9 heteroatoms. The van der Waals surface area contributed by atoms with Gasteiger partial charge in [-0.2, -0.15) is 0 Å². The molecule has 38 heavy (non-hydrogen) atoms. The van der Waals surface area contributed by atoms with E-state index in [2.05, 4.69) is 49.2 Å². The number of pyridine rings is 1. The molecule has 0 saturated carbocycles. The minimum Gasteiger partial charge on any atom is -0.491 e. The van der Waals surface area contributed by atoms with Crippen molar-refractivity contribution in [1.82, 2.24) is 24.4 Å². The summed E-state index contributed by atoms with van der Waals surface area (Å²) in [6.45, 7) is 1.21. The van der Waals surface area contributed by atoms with E-state index in [0.29, 0.717) is 31.3 Å². The van der Waals surface area contributed by atoms with Gasteiger partial charge in [-0.05, 0) is 61.4 Å². The molecule has 1 aliphatic heterocycles. The maximum absolute atomic E-state index is 12.1. The second kappa shape index (κ2) is 10.5. The van der Waals surface area contributed by atoms with Gasteiger partial charge in [0.2, 0.25) is 5.91 Å². The molecule has 6 rings (SSSR count). The molecule has 1 atom stereocenters. The van der Waals surface area contributed by atoms with Crippen LogP contribution in [-0.2, 0) is 11.3 Å². The van der Waals surface area contributed by atoms with Crippen molar-refractivity contribution in [3.8, 4) is 5.75 Å². The second-order valence-corrected chi connectivity index (χ2v) is 9.39. The van der Waals surface area contributed by atoms with Gasteiger partial charge < -0.3 is 24.6 Å². The topological polar surface area (TPSA) is 105 Å². The van der Waals surface area contributed by atoms with E-state index in [1.54, 1.807) is 4.90 Å². The fourth-order valence-electron chi connectivity index (χ4n) is 5.13. The van der Waals surface area contributed by atoms with E-state index in [1.165, 1.54) is 6.33 Å². The summed E-state index contributed by atoms with van der Waals surface area (Å²) in [5.74, 6) is 1.04. The first kappa shape index (κ1) is 23.9. The van der Waals surface area contributed by atoms with Gasteiger partial charge in [-0.3, -0.25) is 9.78 Å². The number of hydrogen-bond acceptors (Lipinski definition) is 7. The number of carbonyl (C=O) groups excluding carboxylic acids is 1. The molecule has 192 valence electrons. The van der Waals surface area contributed by atoms with E-state index < -0.39 is 6.61 Å². The number of nitrogens with one attached hydrogen (secondary N) is 1. The first-order valence-corrected chi connectivity index (χ1v) is 12.7. The van der Waals surface area contributed by atoms with Crippen LogP contribution in [0.3, 0.4) is 0 Å². The Morgan fingerprint density at radius 2 is 2.03 bits per heavy atom. The molecule has 1 unspecified atom stereocenters. The molecule has 9 nitrogen and oxygen atoms in total. The molecule has 3 aromatic heterocycles. The van der Waals surface area contributed by atoms with E-state index in [9.17, 15) is 9.90 Å². The minimum absolute atomic E-state index is 0.0662. The van der Waals surface area contributed by atoms with Crippen LogP contribution in [-0.4, -0.2) is 61.2 Å². The zero-order valence-electron chi connectivity index (χ0n) is 20.8. The largest absolute Gasteiger partial charge is 0.491 e. The Morgan fingerprint density at radius 3 is 2.89 bits per heavy atom. The molecule has 5 aromatic rings. The number of amides is 1. The highest BCUT2D eigenvalue weighted by Gasteiger charge is 2.29. The van der Waals surface area contributed by atoms with Crippen molar-refractivity contribution in [3.05, 3.63) is 85.1 Å². The summed E-state index contributed by atoms with van der Waals surface area (Å²) in [6.07, 6.45) is 7.17. The molecular weight excluding hydrogens is 480 g/mol. The fraction of sp³-hybridized carbons (Fsp3) is 0.241. The van der Waals surface area contributed by atoms with Crippen molar-refractivity contribution in [2.24, 2.45) is 0 Å². The molecule has 1 amide bonds. The van der Waals surface area contributed by atoms with Crippen molar-refractivity contribution >= 4 is 39.2 Å². The van der Waals surface area contributed by atoms with Crippen LogP contribution in [0, 0.1) is 0 Å². The normalized spacial score (nSPS) is 15.3. The fourth-order valence-corrected chi connectivity index (χ4v) is 5.13. The Hall–Kier alpha value is -4.50. The lowest BCUT2D eigenvalue weighted by Gasteiger charge is -2.24. The van der Waals surface area contributed by atoms with Crippen LogP contribution < -0.4 is 10.1 Å². The maximum atomic E-state index is 12.1. The molecular formula is C29H28N6O3. The van der Waals surface area contributed by atoms with Crippen LogP contribution >= 0.6 is 0 Å². The van der Waals surface area contributed by atoms with E-state index in [-0.39, 0.29) is 11.9 Å². The smallest absolute Gasteiger partial charge is 0.248 e. The lowest BCUT2D eigenvalue weighted by atomic mass is 10.2. The summed E-state index contributed by atoms with van der Waals surface area (Å²) >= 11 is 0. The quantitative estimate of drug-likeness (QED) is 0.325. The highest BCUT2D eigenvalue weighted by molar-refractivity contribution is 5.96. The number of fused-ring (bicyclic) bond motifs is 2. The van der Waals surface area contributed by atoms with Crippen LogP contribution in [0.25, 0.3) is 21.8 Å². The summed E-state index contributed by atoms with van der Waals surface area (Å²) < 4.78 is 8.41. The third-order valence-electron chi connectivity index (χ3n) is 6.98. The Labute approximate surface area is 219 Å². The highest BCUT2D eigenvalue weighted by Crippen LogP contribution is 2.33. The number of ether oxygens (including phenoxy) is 1. The number of hydrogen-bond donors (Lipinski definition) is 2. The van der Waals surface area contributed by atoms with Gasteiger partial charge in [0, 0.05) is 35.5 Å². The van der Waals surface area contributed by atoms with Gasteiger partial charge in [0.1, 0.15) is 31.1 Å². The standard InChI is InChI=1S/C29H28N6O3/c36-17-27(37)35-13-4-6-23(35)18-38-26-8-3-7-24-28(26)29(32-19-31-24)33-21-9-10-25-20(15-21)11-14-34(25)16-22-5-1-2-12-30-22/h1-3,5,7-12,14-15,19,23,36H,4,6,13,16-18H2,(H,31,32,33). The Balaban J connectivity index is 1.25. The number of aliphatic hydroxyl groups is 1. The predicted molar refractivity (Wildman–Crippen MR) is 145 cm³/mol. The third-order valence-corrected chi connectivity index (χ3v) is 6.98. The van der Waals surface area contributed by atoms with Crippen LogP contribution in [0.1, 0.15) is 18.5 Å². The van der Waals surface area contributed by atoms with Crippen molar-refractivity contribution in [2.75, 3.05) is 25.1 Å². The van der Waals surface area contributed by atoms with Crippen LogP contribution in [0.5, 0.6) is 5.75 Å². The van der Waals surface area contributed by atoms with Crippen molar-refractivity contribution in [3.63, 3.8) is 0 Å². The Bertz CT molecular complexity index is 1580. The number of aromatic nitrogens is 4. The first-order chi connectivity index (χ1) is 18.7. The van der Waals surface area contributed by atoms with Crippen LogP contribution in [0.2, 0.25) is 0 Å². The molecule has 1 aliphatic rings. The first-order valence-electron chi connectivity index (χ1n) is 12.7. The molecule has 4 heterocycles. The summed E-state index contributed by atoms with van der Waals surface area (Å²) in [4.78, 5) is 27.2. The van der Waals surface area contributed by atoms with Crippen molar-refractivity contribution in [2.45, 2.75) is 25.4 Å². The van der Waals surface area contributed by atoms with Gasteiger partial charge in [-0.1, -0.05) is 12.1 Å². The van der Waals surface area contributed by atoms with E-state index in [1.807, 2.05) is 48.7 Å². The Morgan fingerprint density at radius 1 is 1.08 bits per heavy atom. The number of rotatable bonds is 8. The number of aliphatic hydroxyl groups excluding tert-OH is 1. The third kappa shape index (κ3) is 4.76. The molecule has 0 radical (unpaired) electrons. The lowest BCUT2D eigenvalue weighted by Crippen LogP contribution is -2.40. The molecule has 1 saturated heterocycles. The molecule has 2 N–H and O–H groups in total. The summed E-state index contributed by atoms with van der Waals surface area (Å²) in [7, 11) is 0. The van der Waals surface area contributed by atoms with Crippen LogP contribution in [0.4, 0.5) is 11.5 Å². The molecule has 0 aliphatic carbocycles. The molecule has 1 fully saturated rings. The van der Waals surface area contributed by atoms with Gasteiger partial charge in [0.25, 0.3) is 0 Å². The average Bonchev–Trinajstić information content (AvgIpc) is 3.59. The molecule has 0 bridgehead atoms.